The molecule has 3 rings (SSSR count). The molecule has 1 N–H and O–H groups in total. The van der Waals surface area contributed by atoms with Crippen LogP contribution in [-0.4, -0.2) is 19.5 Å². The lowest BCUT2D eigenvalue weighted by atomic mass is 10.2. The maximum Gasteiger partial charge on any atom is 0.158 e. The zero-order chi connectivity index (χ0) is 13.6. The minimum Gasteiger partial charge on any atom is -0.345 e. The van der Waals surface area contributed by atoms with E-state index in [9.17, 15) is 0 Å². The van der Waals surface area contributed by atoms with Crippen molar-refractivity contribution in [2.24, 2.45) is 0 Å². The Labute approximate surface area is 116 Å². The highest BCUT2D eigenvalue weighted by atomic mass is 15.1. The second kappa shape index (κ2) is 5.79. The summed E-state index contributed by atoms with van der Waals surface area (Å²) in [6.07, 6.45) is 12.4. The maximum absolute atomic E-state index is 4.44. The van der Waals surface area contributed by atoms with Crippen LogP contribution in [0, 0.1) is 0 Å². The standard InChI is InChI=1S/C15H13N5/c1-2-4-13(5-3-1)6-7-18-14-10-17-11-15(19-14)20-9-8-16-12-20/h1-12H,(H,18,19). The molecule has 2 aromatic heterocycles. The molecule has 0 bridgehead atoms. The van der Waals surface area contributed by atoms with Gasteiger partial charge in [0.15, 0.2) is 11.6 Å². The van der Waals surface area contributed by atoms with Crippen LogP contribution in [0.5, 0.6) is 0 Å². The molecule has 3 aromatic rings. The molecule has 5 nitrogen and oxygen atoms in total. The van der Waals surface area contributed by atoms with Gasteiger partial charge in [0.05, 0.1) is 12.4 Å². The third-order valence-corrected chi connectivity index (χ3v) is 2.70. The SMILES string of the molecule is C(=Cc1ccccc1)Nc1cncc(-n2ccnc2)n1. The molecule has 0 saturated carbocycles. The number of anilines is 1. The number of nitrogens with zero attached hydrogens (tertiary/aromatic N) is 4. The van der Waals surface area contributed by atoms with Crippen LogP contribution in [0.4, 0.5) is 5.82 Å². The fraction of sp³-hybridized carbons (Fsp3) is 0. The van der Waals surface area contributed by atoms with Gasteiger partial charge in [-0.15, -0.1) is 0 Å². The zero-order valence-corrected chi connectivity index (χ0v) is 10.7. The quantitative estimate of drug-likeness (QED) is 0.786. The predicted octanol–water partition coefficient (Wildman–Crippen LogP) is 2.75. The Bertz CT molecular complexity index is 689. The van der Waals surface area contributed by atoms with Gasteiger partial charge >= 0.3 is 0 Å². The zero-order valence-electron chi connectivity index (χ0n) is 10.7. The van der Waals surface area contributed by atoms with E-state index in [-0.39, 0.29) is 0 Å². The van der Waals surface area contributed by atoms with Crippen LogP contribution in [0.1, 0.15) is 5.56 Å². The molecule has 0 saturated heterocycles. The maximum atomic E-state index is 4.44. The second-order valence-electron chi connectivity index (χ2n) is 4.12. The average Bonchev–Trinajstić information content (AvgIpc) is 3.03. The van der Waals surface area contributed by atoms with E-state index in [1.54, 1.807) is 29.5 Å². The van der Waals surface area contributed by atoms with Gasteiger partial charge in [-0.2, -0.15) is 0 Å². The van der Waals surface area contributed by atoms with Crippen LogP contribution < -0.4 is 5.32 Å². The van der Waals surface area contributed by atoms with Gasteiger partial charge in [0.25, 0.3) is 0 Å². The van der Waals surface area contributed by atoms with Crippen LogP contribution in [0.15, 0.2) is 67.6 Å². The first-order valence-electron chi connectivity index (χ1n) is 6.20. The Morgan fingerprint density at radius 1 is 1.05 bits per heavy atom. The van der Waals surface area contributed by atoms with E-state index in [0.717, 1.165) is 11.4 Å². The summed E-state index contributed by atoms with van der Waals surface area (Å²) in [5.74, 6) is 1.41. The first-order chi connectivity index (χ1) is 9.92. The van der Waals surface area contributed by atoms with Crippen molar-refractivity contribution in [3.8, 4) is 5.82 Å². The molecule has 20 heavy (non-hydrogen) atoms. The van der Waals surface area contributed by atoms with E-state index < -0.39 is 0 Å². The lowest BCUT2D eigenvalue weighted by Crippen LogP contribution is -1.99. The van der Waals surface area contributed by atoms with E-state index in [1.165, 1.54) is 0 Å². The Morgan fingerprint density at radius 3 is 2.75 bits per heavy atom. The van der Waals surface area contributed by atoms with Gasteiger partial charge in [0, 0.05) is 18.6 Å². The fourth-order valence-electron chi connectivity index (χ4n) is 1.73. The largest absolute Gasteiger partial charge is 0.345 e. The van der Waals surface area contributed by atoms with Crippen LogP contribution in [0.3, 0.4) is 0 Å². The summed E-state index contributed by atoms with van der Waals surface area (Å²) >= 11 is 0. The molecule has 5 heteroatoms. The van der Waals surface area contributed by atoms with Crippen molar-refractivity contribution in [1.29, 1.82) is 0 Å². The topological polar surface area (TPSA) is 55.6 Å². The molecule has 2 heterocycles. The van der Waals surface area contributed by atoms with Crippen molar-refractivity contribution in [3.05, 3.63) is 73.2 Å². The molecule has 98 valence electrons. The molecule has 0 fully saturated rings. The molecular weight excluding hydrogens is 250 g/mol. The molecule has 0 amide bonds. The van der Waals surface area contributed by atoms with E-state index in [4.69, 9.17) is 0 Å². The predicted molar refractivity (Wildman–Crippen MR) is 78.3 cm³/mol. The number of imidazole rings is 1. The molecule has 0 radical (unpaired) electrons. The minimum atomic E-state index is 0.684. The highest BCUT2D eigenvalue weighted by Crippen LogP contribution is 2.07. The normalized spacial score (nSPS) is 10.8. The van der Waals surface area contributed by atoms with Crippen LogP contribution in [0.25, 0.3) is 11.9 Å². The second-order valence-corrected chi connectivity index (χ2v) is 4.12. The van der Waals surface area contributed by atoms with Crippen LogP contribution in [0.2, 0.25) is 0 Å². The van der Waals surface area contributed by atoms with Crippen LogP contribution >= 0.6 is 0 Å². The molecule has 0 atom stereocenters. The van der Waals surface area contributed by atoms with Gasteiger partial charge in [0.2, 0.25) is 0 Å². The first kappa shape index (κ1) is 12.1. The lowest BCUT2D eigenvalue weighted by Gasteiger charge is -2.03. The number of rotatable bonds is 4. The molecule has 0 aliphatic rings. The van der Waals surface area contributed by atoms with Crippen molar-refractivity contribution in [1.82, 2.24) is 19.5 Å². The Kier molecular flexibility index (Phi) is 3.51. The Morgan fingerprint density at radius 2 is 1.95 bits per heavy atom. The van der Waals surface area contributed by atoms with Gasteiger partial charge in [-0.1, -0.05) is 30.3 Å². The molecule has 1 aromatic carbocycles. The minimum absolute atomic E-state index is 0.684. The van der Waals surface area contributed by atoms with Crippen LogP contribution in [-0.2, 0) is 0 Å². The van der Waals surface area contributed by atoms with E-state index in [0.29, 0.717) is 5.82 Å². The Hall–Kier alpha value is -2.95. The van der Waals surface area contributed by atoms with E-state index in [1.807, 2.05) is 48.8 Å². The van der Waals surface area contributed by atoms with Crippen molar-refractivity contribution in [3.63, 3.8) is 0 Å². The van der Waals surface area contributed by atoms with E-state index >= 15 is 0 Å². The van der Waals surface area contributed by atoms with Crippen molar-refractivity contribution >= 4 is 11.9 Å². The summed E-state index contributed by atoms with van der Waals surface area (Å²) in [5, 5.41) is 3.11. The summed E-state index contributed by atoms with van der Waals surface area (Å²) in [5.41, 5.74) is 1.12. The number of benzene rings is 1. The third-order valence-electron chi connectivity index (χ3n) is 2.70. The highest BCUT2D eigenvalue weighted by molar-refractivity contribution is 5.52. The summed E-state index contributed by atoms with van der Waals surface area (Å²) in [4.78, 5) is 12.6. The lowest BCUT2D eigenvalue weighted by molar-refractivity contribution is 0.973. The molecule has 0 aliphatic carbocycles. The summed E-state index contributed by atoms with van der Waals surface area (Å²) in [6.45, 7) is 0. The molecular formula is C15H13N5. The first-order valence-corrected chi connectivity index (χ1v) is 6.20. The van der Waals surface area contributed by atoms with Crippen molar-refractivity contribution in [2.45, 2.75) is 0 Å². The summed E-state index contributed by atoms with van der Waals surface area (Å²) < 4.78 is 1.80. The van der Waals surface area contributed by atoms with Gasteiger partial charge in [0.1, 0.15) is 6.33 Å². The molecule has 0 aliphatic heterocycles. The Balaban J connectivity index is 1.72. The monoisotopic (exact) mass is 263 g/mol. The number of hydrogen-bond donors (Lipinski definition) is 1. The van der Waals surface area contributed by atoms with Crippen molar-refractivity contribution < 1.29 is 0 Å². The smallest absolute Gasteiger partial charge is 0.158 e. The third kappa shape index (κ3) is 2.89. The fourth-order valence-corrected chi connectivity index (χ4v) is 1.73. The summed E-state index contributed by atoms with van der Waals surface area (Å²) in [7, 11) is 0. The van der Waals surface area contributed by atoms with Gasteiger partial charge < -0.3 is 5.32 Å². The molecule has 0 spiro atoms. The van der Waals surface area contributed by atoms with Gasteiger partial charge in [-0.25, -0.2) is 9.97 Å². The molecule has 0 unspecified atom stereocenters. The average molecular weight is 263 g/mol. The van der Waals surface area contributed by atoms with Crippen molar-refractivity contribution in [2.75, 3.05) is 5.32 Å². The number of aromatic nitrogens is 4. The summed E-state index contributed by atoms with van der Waals surface area (Å²) in [6, 6.07) is 10.1. The van der Waals surface area contributed by atoms with Gasteiger partial charge in [-0.05, 0) is 11.6 Å². The van der Waals surface area contributed by atoms with Gasteiger partial charge in [-0.3, -0.25) is 9.55 Å². The van der Waals surface area contributed by atoms with E-state index in [2.05, 4.69) is 20.3 Å². The number of nitrogens with one attached hydrogen (secondary N) is 1. The highest BCUT2D eigenvalue weighted by Gasteiger charge is 1.98. The number of hydrogen-bond acceptors (Lipinski definition) is 4.